The zero-order chi connectivity index (χ0) is 17.0. The summed E-state index contributed by atoms with van der Waals surface area (Å²) in [6.45, 7) is 4.95. The quantitative estimate of drug-likeness (QED) is 0.822. The van der Waals surface area contributed by atoms with Crippen molar-refractivity contribution in [3.8, 4) is 11.4 Å². The monoisotopic (exact) mass is 384 g/mol. The van der Waals surface area contributed by atoms with Gasteiger partial charge in [0.1, 0.15) is 6.54 Å². The smallest absolute Gasteiger partial charge is 0.243 e. The summed E-state index contributed by atoms with van der Waals surface area (Å²) in [7, 11) is 0. The Morgan fingerprint density at radius 2 is 2.00 bits per heavy atom. The Labute approximate surface area is 157 Å². The van der Waals surface area contributed by atoms with Crippen LogP contribution in [-0.2, 0) is 11.3 Å². The average Bonchev–Trinajstić information content (AvgIpc) is 3.03. The molecule has 1 aliphatic rings. The van der Waals surface area contributed by atoms with E-state index in [1.165, 1.54) is 4.80 Å². The lowest BCUT2D eigenvalue weighted by Gasteiger charge is -2.34. The van der Waals surface area contributed by atoms with Gasteiger partial charge in [-0.05, 0) is 60.8 Å². The maximum atomic E-state index is 12.1. The molecule has 2 aromatic rings. The van der Waals surface area contributed by atoms with E-state index >= 15 is 0 Å². The summed E-state index contributed by atoms with van der Waals surface area (Å²) in [4.78, 5) is 13.4. The molecule has 1 fully saturated rings. The molecular formula is C16H22Cl2N6O. The van der Waals surface area contributed by atoms with Crippen LogP contribution in [0.4, 0.5) is 0 Å². The van der Waals surface area contributed by atoms with Crippen LogP contribution in [0, 0.1) is 5.41 Å². The van der Waals surface area contributed by atoms with E-state index in [2.05, 4.69) is 33.0 Å². The Balaban J connectivity index is 0.00000225. The van der Waals surface area contributed by atoms with Gasteiger partial charge in [0, 0.05) is 17.1 Å². The first kappa shape index (κ1) is 19.6. The van der Waals surface area contributed by atoms with Crippen LogP contribution in [0.3, 0.4) is 0 Å². The van der Waals surface area contributed by atoms with Crippen molar-refractivity contribution in [1.29, 1.82) is 0 Å². The highest BCUT2D eigenvalue weighted by molar-refractivity contribution is 6.30. The van der Waals surface area contributed by atoms with Gasteiger partial charge in [-0.2, -0.15) is 4.80 Å². The maximum Gasteiger partial charge on any atom is 0.243 e. The number of amides is 1. The SMILES string of the molecule is CC1(CNC(=O)Cn2nnc(-c3ccc(Cl)cc3)n2)CCNCC1.Cl. The van der Waals surface area contributed by atoms with Gasteiger partial charge in [-0.25, -0.2) is 0 Å². The molecule has 136 valence electrons. The Hall–Kier alpha value is -1.70. The number of piperidine rings is 1. The molecule has 0 spiro atoms. The highest BCUT2D eigenvalue weighted by atomic mass is 35.5. The van der Waals surface area contributed by atoms with Crippen molar-refractivity contribution >= 4 is 29.9 Å². The molecule has 2 heterocycles. The molecule has 1 amide bonds. The lowest BCUT2D eigenvalue weighted by molar-refractivity contribution is -0.122. The summed E-state index contributed by atoms with van der Waals surface area (Å²) in [6.07, 6.45) is 2.13. The average molecular weight is 385 g/mol. The van der Waals surface area contributed by atoms with Gasteiger partial charge in [-0.15, -0.1) is 22.6 Å². The zero-order valence-electron chi connectivity index (χ0n) is 14.0. The van der Waals surface area contributed by atoms with Crippen molar-refractivity contribution in [2.45, 2.75) is 26.3 Å². The summed E-state index contributed by atoms with van der Waals surface area (Å²) < 4.78 is 0. The number of nitrogens with zero attached hydrogens (tertiary/aromatic N) is 4. The van der Waals surface area contributed by atoms with E-state index in [9.17, 15) is 4.79 Å². The topological polar surface area (TPSA) is 84.7 Å². The molecule has 1 aliphatic heterocycles. The number of benzene rings is 1. The summed E-state index contributed by atoms with van der Waals surface area (Å²) in [5.74, 6) is 0.375. The number of hydrogen-bond acceptors (Lipinski definition) is 5. The van der Waals surface area contributed by atoms with Gasteiger partial charge < -0.3 is 10.6 Å². The number of rotatable bonds is 5. The molecule has 1 aromatic heterocycles. The number of tetrazole rings is 1. The van der Waals surface area contributed by atoms with Gasteiger partial charge in [-0.3, -0.25) is 4.79 Å². The first-order valence-electron chi connectivity index (χ1n) is 8.05. The van der Waals surface area contributed by atoms with E-state index in [0.717, 1.165) is 31.5 Å². The Kier molecular flexibility index (Phi) is 6.75. The molecule has 0 aliphatic carbocycles. The fourth-order valence-electron chi connectivity index (χ4n) is 2.73. The third-order valence-corrected chi connectivity index (χ3v) is 4.62. The van der Waals surface area contributed by atoms with Crippen LogP contribution < -0.4 is 10.6 Å². The second-order valence-corrected chi connectivity index (χ2v) is 6.92. The fraction of sp³-hybridized carbons (Fsp3) is 0.500. The van der Waals surface area contributed by atoms with Crippen molar-refractivity contribution in [3.63, 3.8) is 0 Å². The summed E-state index contributed by atoms with van der Waals surface area (Å²) in [5.41, 5.74) is 0.971. The number of carbonyl (C=O) groups excluding carboxylic acids is 1. The second kappa shape index (κ2) is 8.60. The Morgan fingerprint density at radius 1 is 1.32 bits per heavy atom. The van der Waals surface area contributed by atoms with E-state index in [4.69, 9.17) is 11.6 Å². The van der Waals surface area contributed by atoms with E-state index < -0.39 is 0 Å². The van der Waals surface area contributed by atoms with Gasteiger partial charge in [0.15, 0.2) is 0 Å². The third-order valence-electron chi connectivity index (χ3n) is 4.36. The highest BCUT2D eigenvalue weighted by Gasteiger charge is 2.27. The van der Waals surface area contributed by atoms with Gasteiger partial charge in [0.05, 0.1) is 0 Å². The van der Waals surface area contributed by atoms with E-state index in [1.807, 2.05) is 12.1 Å². The summed E-state index contributed by atoms with van der Waals surface area (Å²) >= 11 is 5.86. The van der Waals surface area contributed by atoms with Crippen molar-refractivity contribution in [2.75, 3.05) is 19.6 Å². The normalized spacial score (nSPS) is 16.1. The van der Waals surface area contributed by atoms with Crippen LogP contribution >= 0.6 is 24.0 Å². The van der Waals surface area contributed by atoms with Crippen LogP contribution in [-0.4, -0.2) is 45.7 Å². The molecule has 0 unspecified atom stereocenters. The number of nitrogens with one attached hydrogen (secondary N) is 2. The first-order valence-corrected chi connectivity index (χ1v) is 8.43. The molecule has 2 N–H and O–H groups in total. The number of aromatic nitrogens is 4. The van der Waals surface area contributed by atoms with Gasteiger partial charge in [0.25, 0.3) is 0 Å². The van der Waals surface area contributed by atoms with Crippen LogP contribution in [0.25, 0.3) is 11.4 Å². The molecule has 3 rings (SSSR count). The van der Waals surface area contributed by atoms with Gasteiger partial charge >= 0.3 is 0 Å². The zero-order valence-corrected chi connectivity index (χ0v) is 15.6. The van der Waals surface area contributed by atoms with Gasteiger partial charge in [-0.1, -0.05) is 18.5 Å². The van der Waals surface area contributed by atoms with E-state index in [0.29, 0.717) is 17.4 Å². The van der Waals surface area contributed by atoms with Gasteiger partial charge in [0.2, 0.25) is 11.7 Å². The molecule has 0 bridgehead atoms. The minimum absolute atomic E-state index is 0. The highest BCUT2D eigenvalue weighted by Crippen LogP contribution is 2.26. The molecule has 0 radical (unpaired) electrons. The molecule has 9 heteroatoms. The largest absolute Gasteiger partial charge is 0.354 e. The maximum absolute atomic E-state index is 12.1. The molecule has 0 saturated carbocycles. The molecule has 1 saturated heterocycles. The predicted molar refractivity (Wildman–Crippen MR) is 98.7 cm³/mol. The van der Waals surface area contributed by atoms with Crippen molar-refractivity contribution in [2.24, 2.45) is 5.41 Å². The minimum atomic E-state index is -0.102. The second-order valence-electron chi connectivity index (χ2n) is 6.49. The number of carbonyl (C=O) groups is 1. The summed E-state index contributed by atoms with van der Waals surface area (Å²) in [5, 5.41) is 19.1. The molecule has 0 atom stereocenters. The Bertz CT molecular complexity index is 697. The number of halogens is 2. The third kappa shape index (κ3) is 5.39. The first-order chi connectivity index (χ1) is 11.5. The van der Waals surface area contributed by atoms with Crippen molar-refractivity contribution < 1.29 is 4.79 Å². The van der Waals surface area contributed by atoms with E-state index in [1.54, 1.807) is 12.1 Å². The van der Waals surface area contributed by atoms with Crippen molar-refractivity contribution in [1.82, 2.24) is 30.8 Å². The van der Waals surface area contributed by atoms with Crippen LogP contribution in [0.5, 0.6) is 0 Å². The van der Waals surface area contributed by atoms with Crippen LogP contribution in [0.1, 0.15) is 19.8 Å². The van der Waals surface area contributed by atoms with Crippen LogP contribution in [0.2, 0.25) is 5.02 Å². The lowest BCUT2D eigenvalue weighted by Crippen LogP contribution is -2.43. The molecule has 7 nitrogen and oxygen atoms in total. The molecule has 1 aromatic carbocycles. The lowest BCUT2D eigenvalue weighted by atomic mass is 9.81. The minimum Gasteiger partial charge on any atom is -0.354 e. The van der Waals surface area contributed by atoms with E-state index in [-0.39, 0.29) is 30.3 Å². The fourth-order valence-corrected chi connectivity index (χ4v) is 2.85. The predicted octanol–water partition coefficient (Wildman–Crippen LogP) is 1.92. The summed E-state index contributed by atoms with van der Waals surface area (Å²) in [6, 6.07) is 7.18. The number of hydrogen-bond donors (Lipinski definition) is 2. The Morgan fingerprint density at radius 3 is 2.68 bits per heavy atom. The molecular weight excluding hydrogens is 363 g/mol. The standard InChI is InChI=1S/C16H21ClN6O.ClH/c1-16(6-8-18-9-7-16)11-19-14(24)10-23-21-15(20-22-23)12-2-4-13(17)5-3-12;/h2-5,18H,6-11H2,1H3,(H,19,24);1H. The van der Waals surface area contributed by atoms with Crippen molar-refractivity contribution in [3.05, 3.63) is 29.3 Å². The molecule has 25 heavy (non-hydrogen) atoms. The van der Waals surface area contributed by atoms with Crippen LogP contribution in [0.15, 0.2) is 24.3 Å².